The standard InChI is InChI=1S/C24H24ClFN4O4/c25-17-4-3-16(11-18(17)26)34-13-21(32)28-24-7-5-23(6-8-24,12-20(24)31)29-22(33)19-10-15-2-1-9-30(15)14-27-19/h1-4,9-11,14,20,31H,5-8,12-13H2,(H,28,32)(H,29,33)/t20-,23?,24?/m0/s1. The lowest BCUT2D eigenvalue weighted by molar-refractivity contribution is -0.132. The van der Waals surface area contributed by atoms with Gasteiger partial charge in [-0.25, -0.2) is 9.37 Å². The summed E-state index contributed by atoms with van der Waals surface area (Å²) in [5.41, 5.74) is -0.131. The number of benzene rings is 1. The molecule has 3 aliphatic carbocycles. The molecule has 2 amide bonds. The molecule has 0 spiro atoms. The van der Waals surface area contributed by atoms with E-state index < -0.39 is 28.9 Å². The third kappa shape index (κ3) is 4.21. The largest absolute Gasteiger partial charge is 0.484 e. The number of hydrogen-bond acceptors (Lipinski definition) is 5. The number of nitrogens with one attached hydrogen (secondary N) is 2. The number of rotatable bonds is 6. The number of nitrogens with zero attached hydrogens (tertiary/aromatic N) is 2. The SMILES string of the molecule is O=C(COc1ccc(Cl)c(F)c1)NC12CCC(NC(=O)c3cc4cccn4cn3)(CC1)C[C@@H]2O. The zero-order valence-electron chi connectivity index (χ0n) is 18.3. The Morgan fingerprint density at radius 3 is 2.74 bits per heavy atom. The number of halogens is 2. The molecule has 0 aliphatic heterocycles. The normalized spacial score (nSPS) is 25.8. The van der Waals surface area contributed by atoms with Crippen LogP contribution in [0, 0.1) is 5.82 Å². The zero-order chi connectivity index (χ0) is 23.9. The summed E-state index contributed by atoms with van der Waals surface area (Å²) in [5.74, 6) is -1.12. The number of aliphatic hydroxyl groups excluding tert-OH is 1. The first-order chi connectivity index (χ1) is 16.3. The van der Waals surface area contributed by atoms with Gasteiger partial charge < -0.3 is 24.9 Å². The molecule has 3 aliphatic rings. The minimum absolute atomic E-state index is 0.0278. The van der Waals surface area contributed by atoms with Crippen LogP contribution in [-0.4, -0.2) is 50.1 Å². The van der Waals surface area contributed by atoms with Crippen molar-refractivity contribution in [3.63, 3.8) is 0 Å². The second-order valence-corrected chi connectivity index (χ2v) is 9.54. The average molecular weight is 487 g/mol. The predicted octanol–water partition coefficient (Wildman–Crippen LogP) is 2.87. The van der Waals surface area contributed by atoms with E-state index in [-0.39, 0.29) is 23.3 Å². The Labute approximate surface area is 200 Å². The highest BCUT2D eigenvalue weighted by Crippen LogP contribution is 2.47. The van der Waals surface area contributed by atoms with Gasteiger partial charge in [0.15, 0.2) is 6.61 Å². The Morgan fingerprint density at radius 1 is 1.21 bits per heavy atom. The van der Waals surface area contributed by atoms with Crippen LogP contribution in [0.3, 0.4) is 0 Å². The van der Waals surface area contributed by atoms with Gasteiger partial charge >= 0.3 is 0 Å². The molecule has 2 heterocycles. The van der Waals surface area contributed by atoms with E-state index in [9.17, 15) is 19.1 Å². The van der Waals surface area contributed by atoms with E-state index in [1.165, 1.54) is 12.1 Å². The highest BCUT2D eigenvalue weighted by atomic mass is 35.5. The van der Waals surface area contributed by atoms with E-state index in [1.807, 2.05) is 22.7 Å². The molecule has 178 valence electrons. The Bertz CT molecular complexity index is 1250. The van der Waals surface area contributed by atoms with Crippen LogP contribution in [0.15, 0.2) is 48.9 Å². The molecule has 2 bridgehead atoms. The molecule has 0 radical (unpaired) electrons. The van der Waals surface area contributed by atoms with Gasteiger partial charge in [-0.15, -0.1) is 0 Å². The second kappa shape index (κ2) is 8.56. The summed E-state index contributed by atoms with van der Waals surface area (Å²) in [7, 11) is 0. The van der Waals surface area contributed by atoms with Crippen LogP contribution >= 0.6 is 11.6 Å². The Kier molecular flexibility index (Phi) is 5.69. The van der Waals surface area contributed by atoms with E-state index in [0.717, 1.165) is 11.6 Å². The maximum atomic E-state index is 13.6. The van der Waals surface area contributed by atoms with Crippen LogP contribution < -0.4 is 15.4 Å². The van der Waals surface area contributed by atoms with Gasteiger partial charge in [0.25, 0.3) is 11.8 Å². The molecule has 1 atom stereocenters. The number of carbonyl (C=O) groups is 2. The lowest BCUT2D eigenvalue weighted by Crippen LogP contribution is -2.70. The maximum absolute atomic E-state index is 13.6. The average Bonchev–Trinajstić information content (AvgIpc) is 3.29. The molecule has 6 rings (SSSR count). The van der Waals surface area contributed by atoms with Crippen LogP contribution in [0.5, 0.6) is 5.75 Å². The van der Waals surface area contributed by atoms with Crippen molar-refractivity contribution in [1.29, 1.82) is 0 Å². The van der Waals surface area contributed by atoms with Gasteiger partial charge in [-0.3, -0.25) is 9.59 Å². The fourth-order valence-corrected chi connectivity index (χ4v) is 5.17. The first-order valence-electron chi connectivity index (χ1n) is 11.1. The third-order valence-corrected chi connectivity index (χ3v) is 7.31. The maximum Gasteiger partial charge on any atom is 0.270 e. The number of hydrogen-bond donors (Lipinski definition) is 3. The topological polar surface area (TPSA) is 105 Å². The second-order valence-electron chi connectivity index (χ2n) is 9.14. The highest BCUT2D eigenvalue weighted by molar-refractivity contribution is 6.30. The minimum atomic E-state index is -0.826. The molecule has 34 heavy (non-hydrogen) atoms. The smallest absolute Gasteiger partial charge is 0.270 e. The predicted molar refractivity (Wildman–Crippen MR) is 122 cm³/mol. The fourth-order valence-electron chi connectivity index (χ4n) is 5.06. The fraction of sp³-hybridized carbons (Fsp3) is 0.375. The Hall–Kier alpha value is -3.17. The van der Waals surface area contributed by atoms with Crippen molar-refractivity contribution in [1.82, 2.24) is 20.0 Å². The number of ether oxygens (including phenoxy) is 1. The van der Waals surface area contributed by atoms with E-state index >= 15 is 0 Å². The molecular formula is C24H24ClFN4O4. The van der Waals surface area contributed by atoms with Crippen LogP contribution in [-0.2, 0) is 4.79 Å². The number of aromatic nitrogens is 2. The summed E-state index contributed by atoms with van der Waals surface area (Å²) in [4.78, 5) is 29.7. The van der Waals surface area contributed by atoms with Crippen LogP contribution in [0.2, 0.25) is 5.02 Å². The first kappa shape index (κ1) is 22.6. The zero-order valence-corrected chi connectivity index (χ0v) is 19.0. The lowest BCUT2D eigenvalue weighted by atomic mass is 9.60. The van der Waals surface area contributed by atoms with E-state index in [0.29, 0.717) is 37.8 Å². The molecule has 1 aromatic carbocycles. The van der Waals surface area contributed by atoms with Crippen LogP contribution in [0.25, 0.3) is 5.52 Å². The summed E-state index contributed by atoms with van der Waals surface area (Å²) in [5, 5.41) is 16.9. The molecule has 0 saturated heterocycles. The number of fused-ring (bicyclic) bond motifs is 4. The molecule has 3 saturated carbocycles. The molecule has 8 nitrogen and oxygen atoms in total. The van der Waals surface area contributed by atoms with Gasteiger partial charge in [0.2, 0.25) is 0 Å². The first-order valence-corrected chi connectivity index (χ1v) is 11.5. The number of amides is 2. The van der Waals surface area contributed by atoms with Crippen molar-refractivity contribution in [2.24, 2.45) is 0 Å². The number of carbonyl (C=O) groups excluding carboxylic acids is 2. The van der Waals surface area contributed by atoms with Gasteiger partial charge in [-0.2, -0.15) is 0 Å². The molecule has 3 aromatic rings. The summed E-state index contributed by atoms with van der Waals surface area (Å²) in [6.45, 7) is -0.314. The highest BCUT2D eigenvalue weighted by Gasteiger charge is 2.55. The van der Waals surface area contributed by atoms with E-state index in [2.05, 4.69) is 15.6 Å². The van der Waals surface area contributed by atoms with Gasteiger partial charge in [0, 0.05) is 23.3 Å². The molecule has 2 aromatic heterocycles. The van der Waals surface area contributed by atoms with Crippen molar-refractivity contribution in [2.75, 3.05) is 6.61 Å². The summed E-state index contributed by atoms with van der Waals surface area (Å²) in [6.07, 6.45) is 5.22. The van der Waals surface area contributed by atoms with E-state index in [4.69, 9.17) is 16.3 Å². The molecule has 10 heteroatoms. The van der Waals surface area contributed by atoms with Crippen molar-refractivity contribution in [2.45, 2.75) is 49.3 Å². The molecule has 0 unspecified atom stereocenters. The Morgan fingerprint density at radius 2 is 2.00 bits per heavy atom. The summed E-state index contributed by atoms with van der Waals surface area (Å²) in [6, 6.07) is 9.45. The third-order valence-electron chi connectivity index (χ3n) is 7.00. The lowest BCUT2D eigenvalue weighted by Gasteiger charge is -2.56. The van der Waals surface area contributed by atoms with E-state index in [1.54, 1.807) is 12.4 Å². The number of aliphatic hydroxyl groups is 1. The van der Waals surface area contributed by atoms with Crippen molar-refractivity contribution < 1.29 is 23.8 Å². The van der Waals surface area contributed by atoms with Crippen molar-refractivity contribution in [3.05, 3.63) is 65.5 Å². The van der Waals surface area contributed by atoms with Gasteiger partial charge in [0.05, 0.1) is 23.0 Å². The summed E-state index contributed by atoms with van der Waals surface area (Å²) >= 11 is 5.66. The monoisotopic (exact) mass is 486 g/mol. The van der Waals surface area contributed by atoms with Gasteiger partial charge in [-0.1, -0.05) is 11.6 Å². The van der Waals surface area contributed by atoms with Crippen molar-refractivity contribution >= 4 is 28.9 Å². The Balaban J connectivity index is 1.19. The molecular weight excluding hydrogens is 463 g/mol. The van der Waals surface area contributed by atoms with Crippen LogP contribution in [0.1, 0.15) is 42.6 Å². The van der Waals surface area contributed by atoms with Gasteiger partial charge in [-0.05, 0) is 62.4 Å². The summed E-state index contributed by atoms with van der Waals surface area (Å²) < 4.78 is 20.8. The molecule has 3 fully saturated rings. The van der Waals surface area contributed by atoms with Crippen molar-refractivity contribution in [3.8, 4) is 5.75 Å². The van der Waals surface area contributed by atoms with Gasteiger partial charge in [0.1, 0.15) is 17.3 Å². The van der Waals surface area contributed by atoms with Crippen LogP contribution in [0.4, 0.5) is 4.39 Å². The minimum Gasteiger partial charge on any atom is -0.484 e. The quantitative estimate of drug-likeness (QED) is 0.497. The molecule has 3 N–H and O–H groups in total.